The predicted octanol–water partition coefficient (Wildman–Crippen LogP) is 4.05. The van der Waals surface area contributed by atoms with E-state index in [-0.39, 0.29) is 24.1 Å². The standard InChI is InChI=1S/C16H13N7O3.C14H13N7O2/c1-9-4-2-5-10(14(9)23(24)25)8-22-15-13(20-21-22)12(18-16(17)19-15)11-6-3-7-26-11;1-7-9(8(2)23-19-7)6-21-13-12(18-20-21)11(16-14(15)17-13)10-4-3-5-22-10/h2-7H,8H2,1H3,(H2,17,18,19);3-5H,6H2,1-2H3,(H2,15,16,17). The van der Waals surface area contributed by atoms with Crippen LogP contribution in [-0.2, 0) is 13.1 Å². The molecule has 0 spiro atoms. The first kappa shape index (κ1) is 30.6. The molecule has 0 aliphatic carbocycles. The number of aryl methyl sites for hydroxylation is 3. The van der Waals surface area contributed by atoms with Gasteiger partial charge in [0.05, 0.1) is 41.8 Å². The van der Waals surface area contributed by atoms with E-state index < -0.39 is 4.92 Å². The van der Waals surface area contributed by atoms with Crippen molar-refractivity contribution in [3.05, 3.63) is 93.2 Å². The first-order valence-electron chi connectivity index (χ1n) is 14.6. The van der Waals surface area contributed by atoms with Gasteiger partial charge in [0, 0.05) is 11.1 Å². The van der Waals surface area contributed by atoms with Crippen LogP contribution in [0.25, 0.3) is 45.2 Å². The first-order chi connectivity index (χ1) is 23.7. The van der Waals surface area contributed by atoms with Crippen LogP contribution in [-0.4, -0.2) is 60.0 Å². The van der Waals surface area contributed by atoms with Crippen LogP contribution in [0.3, 0.4) is 0 Å². The van der Waals surface area contributed by atoms with Gasteiger partial charge < -0.3 is 24.8 Å². The van der Waals surface area contributed by atoms with Gasteiger partial charge in [-0.3, -0.25) is 10.1 Å². The molecule has 8 aromatic rings. The Hall–Kier alpha value is -7.05. The highest BCUT2D eigenvalue weighted by molar-refractivity contribution is 5.86. The minimum absolute atomic E-state index is 0.0335. The molecule has 7 heterocycles. The van der Waals surface area contributed by atoms with Crippen molar-refractivity contribution in [2.24, 2.45) is 0 Å². The van der Waals surface area contributed by atoms with Crippen LogP contribution >= 0.6 is 0 Å². The van der Waals surface area contributed by atoms with E-state index in [2.05, 4.69) is 45.7 Å². The molecule has 4 N–H and O–H groups in total. The molecule has 8 rings (SSSR count). The summed E-state index contributed by atoms with van der Waals surface area (Å²) >= 11 is 0. The fourth-order valence-electron chi connectivity index (χ4n) is 5.28. The number of anilines is 2. The summed E-state index contributed by atoms with van der Waals surface area (Å²) in [5, 5.41) is 31.9. The summed E-state index contributed by atoms with van der Waals surface area (Å²) in [6.45, 7) is 5.99. The molecule has 0 fully saturated rings. The van der Waals surface area contributed by atoms with Gasteiger partial charge in [-0.25, -0.2) is 19.3 Å². The third-order valence-electron chi connectivity index (χ3n) is 7.58. The largest absolute Gasteiger partial charge is 0.463 e. The number of nitro groups is 1. The molecular weight excluding hydrogens is 636 g/mol. The second-order valence-corrected chi connectivity index (χ2v) is 10.8. The predicted molar refractivity (Wildman–Crippen MR) is 172 cm³/mol. The van der Waals surface area contributed by atoms with Crippen molar-refractivity contribution in [2.45, 2.75) is 33.9 Å². The van der Waals surface area contributed by atoms with E-state index >= 15 is 0 Å². The Labute approximate surface area is 274 Å². The van der Waals surface area contributed by atoms with E-state index in [1.54, 1.807) is 60.3 Å². The zero-order chi connectivity index (χ0) is 34.2. The van der Waals surface area contributed by atoms with Gasteiger partial charge in [-0.1, -0.05) is 33.8 Å². The summed E-state index contributed by atoms with van der Waals surface area (Å²) in [5.41, 5.74) is 17.3. The van der Waals surface area contributed by atoms with Crippen molar-refractivity contribution in [1.29, 1.82) is 0 Å². The summed E-state index contributed by atoms with van der Waals surface area (Å²) in [7, 11) is 0. The molecule has 7 aromatic heterocycles. The van der Waals surface area contributed by atoms with Gasteiger partial charge in [-0.05, 0) is 45.0 Å². The number of para-hydroxylation sites is 1. The highest BCUT2D eigenvalue weighted by Gasteiger charge is 2.22. The zero-order valence-corrected chi connectivity index (χ0v) is 26.2. The van der Waals surface area contributed by atoms with Crippen LogP contribution in [0.15, 0.2) is 68.3 Å². The van der Waals surface area contributed by atoms with Gasteiger partial charge in [-0.2, -0.15) is 9.97 Å². The molecule has 0 amide bonds. The minimum Gasteiger partial charge on any atom is -0.463 e. The smallest absolute Gasteiger partial charge is 0.277 e. The summed E-state index contributed by atoms with van der Waals surface area (Å²) in [6.07, 6.45) is 3.08. The summed E-state index contributed by atoms with van der Waals surface area (Å²) in [6, 6.07) is 12.1. The number of aromatic nitrogens is 11. The lowest BCUT2D eigenvalue weighted by Gasteiger charge is -2.06. The Morgan fingerprint density at radius 1 is 0.776 bits per heavy atom. The summed E-state index contributed by atoms with van der Waals surface area (Å²) in [5.74, 6) is 1.95. The molecule has 19 heteroatoms. The van der Waals surface area contributed by atoms with Crippen LogP contribution in [0.1, 0.15) is 28.1 Å². The van der Waals surface area contributed by atoms with Gasteiger partial charge >= 0.3 is 0 Å². The highest BCUT2D eigenvalue weighted by Crippen LogP contribution is 2.29. The SMILES string of the molecule is Cc1cccc(Cn2nnc3c(-c4ccco4)nc(N)nc32)c1[N+](=O)[O-].Cc1noc(C)c1Cn1nnc2c(-c3ccco3)nc(N)nc21. The topological polar surface area (TPSA) is 260 Å². The molecule has 49 heavy (non-hydrogen) atoms. The zero-order valence-electron chi connectivity index (χ0n) is 26.2. The first-order valence-corrected chi connectivity index (χ1v) is 14.6. The van der Waals surface area contributed by atoms with Crippen molar-refractivity contribution in [1.82, 2.24) is 55.1 Å². The fourth-order valence-corrected chi connectivity index (χ4v) is 5.28. The quantitative estimate of drug-likeness (QED) is 0.180. The number of hydrogen-bond acceptors (Lipinski definition) is 16. The lowest BCUT2D eigenvalue weighted by atomic mass is 10.1. The third-order valence-corrected chi connectivity index (χ3v) is 7.58. The minimum atomic E-state index is -0.401. The van der Waals surface area contributed by atoms with E-state index in [0.717, 1.165) is 17.0 Å². The van der Waals surface area contributed by atoms with Crippen molar-refractivity contribution in [3.8, 4) is 22.9 Å². The van der Waals surface area contributed by atoms with E-state index in [1.165, 1.54) is 10.9 Å². The fraction of sp³-hybridized carbons (Fsp3) is 0.167. The maximum absolute atomic E-state index is 11.4. The van der Waals surface area contributed by atoms with Crippen LogP contribution in [0.5, 0.6) is 0 Å². The van der Waals surface area contributed by atoms with E-state index in [1.807, 2.05) is 13.8 Å². The lowest BCUT2D eigenvalue weighted by molar-refractivity contribution is -0.386. The maximum atomic E-state index is 11.4. The number of fused-ring (bicyclic) bond motifs is 2. The molecule has 246 valence electrons. The van der Waals surface area contributed by atoms with Crippen LogP contribution in [0, 0.1) is 30.9 Å². The average Bonchev–Trinajstić information content (AvgIpc) is 3.92. The molecule has 0 radical (unpaired) electrons. The van der Waals surface area contributed by atoms with Crippen molar-refractivity contribution < 1.29 is 18.3 Å². The Bertz CT molecular complexity index is 2430. The normalized spacial score (nSPS) is 11.2. The van der Waals surface area contributed by atoms with E-state index in [4.69, 9.17) is 24.8 Å². The third kappa shape index (κ3) is 5.75. The van der Waals surface area contributed by atoms with Gasteiger partial charge in [0.2, 0.25) is 11.9 Å². The molecule has 0 saturated carbocycles. The van der Waals surface area contributed by atoms with Gasteiger partial charge in [-0.15, -0.1) is 10.2 Å². The number of benzene rings is 1. The monoisotopic (exact) mass is 662 g/mol. The number of hydrogen-bond donors (Lipinski definition) is 2. The molecule has 0 bridgehead atoms. The van der Waals surface area contributed by atoms with Crippen molar-refractivity contribution in [2.75, 3.05) is 11.5 Å². The number of nitrogens with two attached hydrogens (primary N) is 2. The molecular formula is C30H26N14O5. The number of nitro benzene ring substituents is 1. The van der Waals surface area contributed by atoms with E-state index in [9.17, 15) is 10.1 Å². The second kappa shape index (κ2) is 12.3. The molecule has 0 saturated heterocycles. The van der Waals surface area contributed by atoms with Gasteiger partial charge in [0.15, 0.2) is 33.8 Å². The second-order valence-electron chi connectivity index (χ2n) is 10.8. The Kier molecular flexibility index (Phi) is 7.67. The Morgan fingerprint density at radius 3 is 1.84 bits per heavy atom. The number of rotatable bonds is 7. The lowest BCUT2D eigenvalue weighted by Crippen LogP contribution is -2.07. The van der Waals surface area contributed by atoms with Crippen LogP contribution in [0.4, 0.5) is 17.6 Å². The highest BCUT2D eigenvalue weighted by atomic mass is 16.6. The Morgan fingerprint density at radius 2 is 1.35 bits per heavy atom. The molecule has 1 aromatic carbocycles. The Balaban J connectivity index is 0.000000155. The van der Waals surface area contributed by atoms with Crippen molar-refractivity contribution >= 4 is 39.9 Å². The number of furan rings is 2. The van der Waals surface area contributed by atoms with Crippen molar-refractivity contribution in [3.63, 3.8) is 0 Å². The average molecular weight is 663 g/mol. The van der Waals surface area contributed by atoms with Gasteiger partial charge in [0.25, 0.3) is 5.69 Å². The van der Waals surface area contributed by atoms with E-state index in [0.29, 0.717) is 62.9 Å². The molecule has 0 aliphatic rings. The molecule has 19 nitrogen and oxygen atoms in total. The van der Waals surface area contributed by atoms with Crippen LogP contribution in [0.2, 0.25) is 0 Å². The molecule has 0 unspecified atom stereocenters. The maximum Gasteiger partial charge on any atom is 0.277 e. The summed E-state index contributed by atoms with van der Waals surface area (Å²) < 4.78 is 19.0. The number of nitrogens with zero attached hydrogens (tertiary/aromatic N) is 12. The molecule has 0 aliphatic heterocycles. The van der Waals surface area contributed by atoms with Gasteiger partial charge in [0.1, 0.15) is 17.1 Å². The number of nitrogen functional groups attached to an aromatic ring is 2. The van der Waals surface area contributed by atoms with Crippen LogP contribution < -0.4 is 11.5 Å². The summed E-state index contributed by atoms with van der Waals surface area (Å²) in [4.78, 5) is 27.8. The molecule has 0 atom stereocenters.